The van der Waals surface area contributed by atoms with Crippen LogP contribution < -0.4 is 0 Å². The van der Waals surface area contributed by atoms with E-state index in [0.717, 1.165) is 13.2 Å². The lowest BCUT2D eigenvalue weighted by atomic mass is 10.4. The summed E-state index contributed by atoms with van der Waals surface area (Å²) in [5.74, 6) is 0. The maximum atomic E-state index is 5.27. The molecule has 72 valence electrons. The normalized spacial score (nSPS) is 21.5. The first-order valence-corrected chi connectivity index (χ1v) is 4.67. The standard InChI is InChI=1S/C9H20NO2/c1-10(5-3-4-6-10)7-8-12-9-11-2/h3-9H2,1-2H3/q+1. The van der Waals surface area contributed by atoms with E-state index in [-0.39, 0.29) is 0 Å². The third-order valence-electron chi connectivity index (χ3n) is 2.62. The molecule has 1 saturated heterocycles. The monoisotopic (exact) mass is 174 g/mol. The molecular weight excluding hydrogens is 154 g/mol. The predicted octanol–water partition coefficient (Wildman–Crippen LogP) is 0.847. The summed E-state index contributed by atoms with van der Waals surface area (Å²) in [6.45, 7) is 5.01. The van der Waals surface area contributed by atoms with Gasteiger partial charge in [0.2, 0.25) is 0 Å². The van der Waals surface area contributed by atoms with Crippen molar-refractivity contribution >= 4 is 0 Å². The van der Waals surface area contributed by atoms with Gasteiger partial charge in [-0.1, -0.05) is 0 Å². The topological polar surface area (TPSA) is 18.5 Å². The first-order chi connectivity index (χ1) is 5.77. The largest absolute Gasteiger partial charge is 0.359 e. The van der Waals surface area contributed by atoms with E-state index in [1.54, 1.807) is 7.11 Å². The summed E-state index contributed by atoms with van der Waals surface area (Å²) < 4.78 is 11.3. The lowest BCUT2D eigenvalue weighted by Crippen LogP contribution is -2.43. The van der Waals surface area contributed by atoms with Gasteiger partial charge in [-0.2, -0.15) is 0 Å². The van der Waals surface area contributed by atoms with Crippen molar-refractivity contribution in [2.24, 2.45) is 0 Å². The quantitative estimate of drug-likeness (QED) is 0.349. The van der Waals surface area contributed by atoms with E-state index >= 15 is 0 Å². The average Bonchev–Trinajstić information content (AvgIpc) is 2.47. The fraction of sp³-hybridized carbons (Fsp3) is 1.00. The Morgan fingerprint density at radius 2 is 1.92 bits per heavy atom. The number of hydrogen-bond acceptors (Lipinski definition) is 2. The number of likely N-dealkylation sites (tertiary alicyclic amines) is 1. The molecule has 1 rings (SSSR count). The molecule has 0 N–H and O–H groups in total. The second-order valence-electron chi connectivity index (χ2n) is 3.81. The van der Waals surface area contributed by atoms with Crippen LogP contribution in [-0.2, 0) is 9.47 Å². The molecule has 1 aliphatic heterocycles. The molecule has 3 heteroatoms. The highest BCUT2D eigenvalue weighted by Gasteiger charge is 2.25. The molecule has 1 aliphatic rings. The third kappa shape index (κ3) is 3.09. The van der Waals surface area contributed by atoms with Crippen LogP contribution in [0.15, 0.2) is 0 Å². The van der Waals surface area contributed by atoms with Gasteiger partial charge in [-0.05, 0) is 0 Å². The number of methoxy groups -OCH3 is 1. The summed E-state index contributed by atoms with van der Waals surface area (Å²) in [6, 6.07) is 0. The highest BCUT2D eigenvalue weighted by molar-refractivity contribution is 4.51. The zero-order valence-electron chi connectivity index (χ0n) is 8.21. The van der Waals surface area contributed by atoms with Gasteiger partial charge < -0.3 is 14.0 Å². The number of likely N-dealkylation sites (N-methyl/N-ethyl adjacent to an activating group) is 1. The van der Waals surface area contributed by atoms with Gasteiger partial charge >= 0.3 is 0 Å². The predicted molar refractivity (Wildman–Crippen MR) is 47.8 cm³/mol. The lowest BCUT2D eigenvalue weighted by molar-refractivity contribution is -0.898. The molecule has 0 aromatic rings. The van der Waals surface area contributed by atoms with Gasteiger partial charge in [-0.3, -0.25) is 0 Å². The molecule has 0 spiro atoms. The number of rotatable bonds is 5. The Morgan fingerprint density at radius 1 is 1.25 bits per heavy atom. The average molecular weight is 174 g/mol. The zero-order valence-corrected chi connectivity index (χ0v) is 8.21. The van der Waals surface area contributed by atoms with Gasteiger partial charge in [-0.15, -0.1) is 0 Å². The molecule has 12 heavy (non-hydrogen) atoms. The van der Waals surface area contributed by atoms with Gasteiger partial charge in [0.15, 0.2) is 0 Å². The Kier molecular flexibility index (Phi) is 3.98. The molecule has 0 aromatic carbocycles. The molecule has 0 unspecified atom stereocenters. The second-order valence-corrected chi connectivity index (χ2v) is 3.81. The Balaban J connectivity index is 2.05. The molecule has 0 atom stereocenters. The zero-order chi connectivity index (χ0) is 8.86. The van der Waals surface area contributed by atoms with E-state index in [4.69, 9.17) is 9.47 Å². The van der Waals surface area contributed by atoms with Crippen molar-refractivity contribution in [3.05, 3.63) is 0 Å². The van der Waals surface area contributed by atoms with Crippen LogP contribution in [0.1, 0.15) is 12.8 Å². The minimum atomic E-state index is 0.431. The Hall–Kier alpha value is -0.120. The molecule has 0 saturated carbocycles. The summed E-state index contributed by atoms with van der Waals surface area (Å²) in [7, 11) is 3.97. The van der Waals surface area contributed by atoms with Crippen molar-refractivity contribution in [2.75, 3.05) is 47.2 Å². The fourth-order valence-electron chi connectivity index (χ4n) is 1.75. The molecule has 0 bridgehead atoms. The van der Waals surface area contributed by atoms with Gasteiger partial charge in [0.25, 0.3) is 0 Å². The molecule has 1 heterocycles. The first-order valence-electron chi connectivity index (χ1n) is 4.67. The van der Waals surface area contributed by atoms with Crippen molar-refractivity contribution < 1.29 is 14.0 Å². The summed E-state index contributed by atoms with van der Waals surface area (Å²) in [5.41, 5.74) is 0. The highest BCUT2D eigenvalue weighted by Crippen LogP contribution is 2.15. The van der Waals surface area contributed by atoms with E-state index in [0.29, 0.717) is 6.79 Å². The van der Waals surface area contributed by atoms with Crippen molar-refractivity contribution in [1.29, 1.82) is 0 Å². The molecule has 0 amide bonds. The van der Waals surface area contributed by atoms with Gasteiger partial charge in [-0.25, -0.2) is 0 Å². The van der Waals surface area contributed by atoms with Gasteiger partial charge in [0, 0.05) is 20.0 Å². The van der Waals surface area contributed by atoms with Crippen LogP contribution in [0.2, 0.25) is 0 Å². The SMILES string of the molecule is COCOCC[N+]1(C)CCCC1. The van der Waals surface area contributed by atoms with Crippen LogP contribution in [0.25, 0.3) is 0 Å². The van der Waals surface area contributed by atoms with Crippen molar-refractivity contribution in [1.82, 2.24) is 0 Å². The molecule has 0 radical (unpaired) electrons. The summed E-state index contributed by atoms with van der Waals surface area (Å²) in [5, 5.41) is 0. The van der Waals surface area contributed by atoms with Crippen LogP contribution >= 0.6 is 0 Å². The van der Waals surface area contributed by atoms with Gasteiger partial charge in [0.05, 0.1) is 26.7 Å². The van der Waals surface area contributed by atoms with E-state index in [1.807, 2.05) is 0 Å². The van der Waals surface area contributed by atoms with Crippen LogP contribution in [0.5, 0.6) is 0 Å². The van der Waals surface area contributed by atoms with E-state index < -0.39 is 0 Å². The molecule has 0 aromatic heterocycles. The molecule has 0 aliphatic carbocycles. The molecule has 1 fully saturated rings. The van der Waals surface area contributed by atoms with Gasteiger partial charge in [0.1, 0.15) is 13.3 Å². The van der Waals surface area contributed by atoms with Crippen molar-refractivity contribution in [2.45, 2.75) is 12.8 Å². The van der Waals surface area contributed by atoms with E-state index in [9.17, 15) is 0 Å². The smallest absolute Gasteiger partial charge is 0.146 e. The number of hydrogen-bond donors (Lipinski definition) is 0. The van der Waals surface area contributed by atoms with Crippen molar-refractivity contribution in [3.8, 4) is 0 Å². The van der Waals surface area contributed by atoms with Crippen LogP contribution in [0.3, 0.4) is 0 Å². The number of ether oxygens (including phenoxy) is 2. The van der Waals surface area contributed by atoms with E-state index in [2.05, 4.69) is 7.05 Å². The molecular formula is C9H20NO2+. The summed E-state index contributed by atoms with van der Waals surface area (Å²) in [6.07, 6.45) is 2.75. The Labute approximate surface area is 74.8 Å². The minimum absolute atomic E-state index is 0.431. The van der Waals surface area contributed by atoms with E-state index in [1.165, 1.54) is 30.4 Å². The number of quaternary nitrogens is 1. The fourth-order valence-corrected chi connectivity index (χ4v) is 1.75. The van der Waals surface area contributed by atoms with Crippen LogP contribution in [0.4, 0.5) is 0 Å². The first kappa shape index (κ1) is 9.96. The maximum Gasteiger partial charge on any atom is 0.146 e. The second kappa shape index (κ2) is 4.80. The Morgan fingerprint density at radius 3 is 2.50 bits per heavy atom. The third-order valence-corrected chi connectivity index (χ3v) is 2.62. The number of nitrogens with zero attached hydrogens (tertiary/aromatic N) is 1. The maximum absolute atomic E-state index is 5.27. The molecule has 3 nitrogen and oxygen atoms in total. The minimum Gasteiger partial charge on any atom is -0.359 e. The van der Waals surface area contributed by atoms with Crippen LogP contribution in [0, 0.1) is 0 Å². The van der Waals surface area contributed by atoms with Crippen molar-refractivity contribution in [3.63, 3.8) is 0 Å². The highest BCUT2D eigenvalue weighted by atomic mass is 16.7. The summed E-state index contributed by atoms with van der Waals surface area (Å²) in [4.78, 5) is 0. The van der Waals surface area contributed by atoms with Crippen LogP contribution in [-0.4, -0.2) is 51.7 Å². The Bertz CT molecular complexity index is 122. The summed E-state index contributed by atoms with van der Waals surface area (Å²) >= 11 is 0. The lowest BCUT2D eigenvalue weighted by Gasteiger charge is -2.28.